The van der Waals surface area contributed by atoms with Crippen molar-refractivity contribution in [2.45, 2.75) is 19.3 Å². The molecule has 1 fully saturated rings. The molecule has 12 heavy (non-hydrogen) atoms. The van der Waals surface area contributed by atoms with Gasteiger partial charge in [0.15, 0.2) is 0 Å². The van der Waals surface area contributed by atoms with Gasteiger partial charge in [-0.05, 0) is 18.9 Å². The van der Waals surface area contributed by atoms with E-state index in [1.165, 1.54) is 11.1 Å². The minimum absolute atomic E-state index is 0.285. The third-order valence-corrected chi connectivity index (χ3v) is 2.46. The van der Waals surface area contributed by atoms with E-state index in [2.05, 4.69) is 37.3 Å². The van der Waals surface area contributed by atoms with E-state index in [1.807, 2.05) is 0 Å². The van der Waals surface area contributed by atoms with Gasteiger partial charge in [0.2, 0.25) is 0 Å². The van der Waals surface area contributed by atoms with Crippen molar-refractivity contribution in [2.75, 3.05) is 0 Å². The van der Waals surface area contributed by atoms with Crippen LogP contribution in [0.4, 0.5) is 0 Å². The van der Waals surface area contributed by atoms with Gasteiger partial charge < -0.3 is 0 Å². The lowest BCUT2D eigenvalue weighted by Gasteiger charge is -1.97. The van der Waals surface area contributed by atoms with Crippen LogP contribution in [0.1, 0.15) is 23.5 Å². The second kappa shape index (κ2) is 2.64. The average Bonchev–Trinajstić information content (AvgIpc) is 2.85. The first kappa shape index (κ1) is 7.36. The first-order valence-electron chi connectivity index (χ1n) is 4.27. The normalized spacial score (nSPS) is 26.3. The molecule has 1 saturated carbocycles. The SMILES string of the molecule is Cc1ccc([C@H]2C[C@H]2C#N)cc1. The maximum atomic E-state index is 8.64. The molecule has 0 heterocycles. The summed E-state index contributed by atoms with van der Waals surface area (Å²) in [4.78, 5) is 0. The lowest BCUT2D eigenvalue weighted by atomic mass is 10.1. The smallest absolute Gasteiger partial charge is 0.0662 e. The molecule has 1 nitrogen and oxygen atoms in total. The molecule has 0 radical (unpaired) electrons. The summed E-state index contributed by atoms with van der Waals surface area (Å²) in [7, 11) is 0. The quantitative estimate of drug-likeness (QED) is 0.614. The fourth-order valence-corrected chi connectivity index (χ4v) is 1.52. The Labute approximate surface area is 72.6 Å². The van der Waals surface area contributed by atoms with Crippen molar-refractivity contribution in [3.63, 3.8) is 0 Å². The van der Waals surface area contributed by atoms with Crippen LogP contribution in [0.5, 0.6) is 0 Å². The van der Waals surface area contributed by atoms with E-state index in [-0.39, 0.29) is 5.92 Å². The van der Waals surface area contributed by atoms with Gasteiger partial charge in [0.1, 0.15) is 0 Å². The van der Waals surface area contributed by atoms with Crippen LogP contribution in [0.2, 0.25) is 0 Å². The lowest BCUT2D eigenvalue weighted by Crippen LogP contribution is -1.81. The van der Waals surface area contributed by atoms with Gasteiger partial charge >= 0.3 is 0 Å². The summed E-state index contributed by atoms with van der Waals surface area (Å²) in [5.41, 5.74) is 2.61. The van der Waals surface area contributed by atoms with Gasteiger partial charge in [0.25, 0.3) is 0 Å². The highest BCUT2D eigenvalue weighted by atomic mass is 14.4. The fraction of sp³-hybridized carbons (Fsp3) is 0.364. The second-order valence-electron chi connectivity index (χ2n) is 3.49. The minimum atomic E-state index is 0.285. The number of benzene rings is 1. The Hall–Kier alpha value is -1.29. The zero-order valence-corrected chi connectivity index (χ0v) is 7.12. The molecule has 1 aromatic rings. The van der Waals surface area contributed by atoms with Gasteiger partial charge in [-0.15, -0.1) is 0 Å². The molecule has 1 heteroatoms. The summed E-state index contributed by atoms with van der Waals surface area (Å²) in [5.74, 6) is 0.809. The molecule has 0 aliphatic heterocycles. The molecule has 0 saturated heterocycles. The van der Waals surface area contributed by atoms with Crippen LogP contribution in [0.15, 0.2) is 24.3 Å². The highest BCUT2D eigenvalue weighted by molar-refractivity contribution is 5.31. The van der Waals surface area contributed by atoms with Crippen LogP contribution in [0.25, 0.3) is 0 Å². The van der Waals surface area contributed by atoms with E-state index >= 15 is 0 Å². The molecule has 60 valence electrons. The van der Waals surface area contributed by atoms with Gasteiger partial charge in [-0.2, -0.15) is 5.26 Å². The summed E-state index contributed by atoms with van der Waals surface area (Å²) in [5, 5.41) is 8.64. The predicted molar refractivity (Wildman–Crippen MR) is 47.6 cm³/mol. The molecule has 1 aliphatic rings. The molecular formula is C11H11N. The molecule has 1 aromatic carbocycles. The summed E-state index contributed by atoms with van der Waals surface area (Å²) in [6.07, 6.45) is 1.06. The van der Waals surface area contributed by atoms with Crippen LogP contribution in [-0.2, 0) is 0 Å². The van der Waals surface area contributed by atoms with E-state index < -0.39 is 0 Å². The Morgan fingerprint density at radius 1 is 1.33 bits per heavy atom. The molecule has 0 amide bonds. The Bertz CT molecular complexity index is 318. The average molecular weight is 157 g/mol. The highest BCUT2D eigenvalue weighted by Crippen LogP contribution is 2.46. The van der Waals surface area contributed by atoms with E-state index in [1.54, 1.807) is 0 Å². The molecule has 0 spiro atoms. The Balaban J connectivity index is 2.17. The third kappa shape index (κ3) is 1.21. The Morgan fingerprint density at radius 3 is 2.50 bits per heavy atom. The summed E-state index contributed by atoms with van der Waals surface area (Å²) in [6, 6.07) is 10.8. The van der Waals surface area contributed by atoms with Crippen LogP contribution in [0.3, 0.4) is 0 Å². The van der Waals surface area contributed by atoms with Crippen molar-refractivity contribution in [2.24, 2.45) is 5.92 Å². The third-order valence-electron chi connectivity index (χ3n) is 2.46. The first-order chi connectivity index (χ1) is 5.81. The number of nitrogens with zero attached hydrogens (tertiary/aromatic N) is 1. The van der Waals surface area contributed by atoms with Crippen molar-refractivity contribution in [3.8, 4) is 6.07 Å². The molecule has 0 bridgehead atoms. The van der Waals surface area contributed by atoms with Crippen molar-refractivity contribution in [3.05, 3.63) is 35.4 Å². The molecule has 2 rings (SSSR count). The number of hydrogen-bond donors (Lipinski definition) is 0. The van der Waals surface area contributed by atoms with Crippen molar-refractivity contribution < 1.29 is 0 Å². The number of rotatable bonds is 1. The van der Waals surface area contributed by atoms with Crippen LogP contribution in [-0.4, -0.2) is 0 Å². The minimum Gasteiger partial charge on any atom is -0.198 e. The molecule has 0 unspecified atom stereocenters. The molecule has 0 N–H and O–H groups in total. The van der Waals surface area contributed by atoms with Crippen molar-refractivity contribution in [1.29, 1.82) is 5.26 Å². The van der Waals surface area contributed by atoms with Gasteiger partial charge in [0.05, 0.1) is 12.0 Å². The van der Waals surface area contributed by atoms with E-state index in [4.69, 9.17) is 5.26 Å². The summed E-state index contributed by atoms with van der Waals surface area (Å²) in [6.45, 7) is 2.08. The van der Waals surface area contributed by atoms with Crippen LogP contribution in [0, 0.1) is 24.2 Å². The largest absolute Gasteiger partial charge is 0.198 e. The highest BCUT2D eigenvalue weighted by Gasteiger charge is 2.38. The zero-order chi connectivity index (χ0) is 8.55. The molecule has 0 aromatic heterocycles. The number of nitriles is 1. The first-order valence-corrected chi connectivity index (χ1v) is 4.27. The molecule has 1 aliphatic carbocycles. The lowest BCUT2D eigenvalue weighted by molar-refractivity contribution is 1.02. The topological polar surface area (TPSA) is 23.8 Å². The maximum Gasteiger partial charge on any atom is 0.0662 e. The van der Waals surface area contributed by atoms with Crippen molar-refractivity contribution in [1.82, 2.24) is 0 Å². The number of hydrogen-bond acceptors (Lipinski definition) is 1. The monoisotopic (exact) mass is 157 g/mol. The second-order valence-corrected chi connectivity index (χ2v) is 3.49. The number of aryl methyl sites for hydroxylation is 1. The maximum absolute atomic E-state index is 8.64. The van der Waals surface area contributed by atoms with Gasteiger partial charge in [-0.25, -0.2) is 0 Å². The fourth-order valence-electron chi connectivity index (χ4n) is 1.52. The van der Waals surface area contributed by atoms with E-state index in [9.17, 15) is 0 Å². The predicted octanol–water partition coefficient (Wildman–Crippen LogP) is 2.62. The summed E-state index contributed by atoms with van der Waals surface area (Å²) >= 11 is 0. The summed E-state index contributed by atoms with van der Waals surface area (Å²) < 4.78 is 0. The van der Waals surface area contributed by atoms with Gasteiger partial charge in [-0.3, -0.25) is 0 Å². The molecular weight excluding hydrogens is 146 g/mol. The Morgan fingerprint density at radius 2 is 2.00 bits per heavy atom. The van der Waals surface area contributed by atoms with Gasteiger partial charge in [0, 0.05) is 5.92 Å². The van der Waals surface area contributed by atoms with E-state index in [0.29, 0.717) is 5.92 Å². The molecule has 2 atom stereocenters. The van der Waals surface area contributed by atoms with Crippen molar-refractivity contribution >= 4 is 0 Å². The van der Waals surface area contributed by atoms with Gasteiger partial charge in [-0.1, -0.05) is 29.8 Å². The standard InChI is InChI=1S/C11H11N/c1-8-2-4-9(5-3-8)11-6-10(11)7-12/h2-5,10-11H,6H2,1H3/t10-,11+/m0/s1. The zero-order valence-electron chi connectivity index (χ0n) is 7.12. The Kier molecular flexibility index (Phi) is 1.62. The van der Waals surface area contributed by atoms with Crippen LogP contribution >= 0.6 is 0 Å². The van der Waals surface area contributed by atoms with Crippen LogP contribution < -0.4 is 0 Å². The van der Waals surface area contributed by atoms with E-state index in [0.717, 1.165) is 6.42 Å².